The highest BCUT2D eigenvalue weighted by Gasteiger charge is 2.11. The molecule has 0 fully saturated rings. The van der Waals surface area contributed by atoms with Crippen molar-refractivity contribution in [1.29, 1.82) is 0 Å². The molecular weight excluding hydrogens is 198 g/mol. The highest BCUT2D eigenvalue weighted by molar-refractivity contribution is 5.38. The summed E-state index contributed by atoms with van der Waals surface area (Å²) in [6, 6.07) is 7.06. The first-order chi connectivity index (χ1) is 7.79. The van der Waals surface area contributed by atoms with Gasteiger partial charge in [0.05, 0.1) is 6.61 Å². The number of benzene rings is 1. The first-order valence-corrected chi connectivity index (χ1v) is 6.21. The van der Waals surface area contributed by atoms with Gasteiger partial charge in [0.2, 0.25) is 0 Å². The van der Waals surface area contributed by atoms with Crippen LogP contribution in [0.2, 0.25) is 0 Å². The van der Waals surface area contributed by atoms with Gasteiger partial charge in [0.15, 0.2) is 0 Å². The maximum absolute atomic E-state index is 5.76. The minimum atomic E-state index is 0.523. The van der Waals surface area contributed by atoms with E-state index in [2.05, 4.69) is 30.4 Å². The smallest absolute Gasteiger partial charge is 0.119 e. The molecule has 88 valence electrons. The van der Waals surface area contributed by atoms with Crippen LogP contribution in [0.15, 0.2) is 18.2 Å². The van der Waals surface area contributed by atoms with Crippen molar-refractivity contribution >= 4 is 0 Å². The zero-order valence-electron chi connectivity index (χ0n) is 10.3. The highest BCUT2D eigenvalue weighted by Crippen LogP contribution is 2.26. The molecule has 1 aliphatic carbocycles. The van der Waals surface area contributed by atoms with Crippen molar-refractivity contribution in [2.45, 2.75) is 38.6 Å². The van der Waals surface area contributed by atoms with Crippen LogP contribution in [-0.2, 0) is 12.8 Å². The van der Waals surface area contributed by atoms with E-state index in [-0.39, 0.29) is 0 Å². The Morgan fingerprint density at radius 1 is 1.31 bits per heavy atom. The van der Waals surface area contributed by atoms with Gasteiger partial charge in [-0.25, -0.2) is 0 Å². The van der Waals surface area contributed by atoms with Crippen molar-refractivity contribution in [3.8, 4) is 5.75 Å². The summed E-state index contributed by atoms with van der Waals surface area (Å²) in [5.41, 5.74) is 3.00. The second-order valence-electron chi connectivity index (χ2n) is 4.61. The number of fused-ring (bicyclic) bond motifs is 1. The third-order valence-corrected chi connectivity index (χ3v) is 3.38. The van der Waals surface area contributed by atoms with Crippen LogP contribution < -0.4 is 10.1 Å². The fourth-order valence-corrected chi connectivity index (χ4v) is 2.14. The number of hydrogen-bond acceptors (Lipinski definition) is 2. The molecule has 1 aliphatic rings. The lowest BCUT2D eigenvalue weighted by molar-refractivity contribution is 0.293. The van der Waals surface area contributed by atoms with Crippen LogP contribution in [0, 0.1) is 0 Å². The first-order valence-electron chi connectivity index (χ1n) is 6.21. The molecule has 1 unspecified atom stereocenters. The number of hydrogen-bond donors (Lipinski definition) is 1. The Bertz CT molecular complexity index is 349. The molecule has 0 aromatic heterocycles. The van der Waals surface area contributed by atoms with Crippen molar-refractivity contribution in [2.75, 3.05) is 13.7 Å². The quantitative estimate of drug-likeness (QED) is 0.821. The summed E-state index contributed by atoms with van der Waals surface area (Å²) in [5.74, 6) is 1.03. The maximum Gasteiger partial charge on any atom is 0.119 e. The fourth-order valence-electron chi connectivity index (χ4n) is 2.14. The van der Waals surface area contributed by atoms with E-state index in [9.17, 15) is 0 Å². The van der Waals surface area contributed by atoms with Gasteiger partial charge in [-0.3, -0.25) is 0 Å². The molecule has 0 heterocycles. The molecule has 1 N–H and O–H groups in total. The summed E-state index contributed by atoms with van der Waals surface area (Å²) in [6.07, 6.45) is 4.81. The van der Waals surface area contributed by atoms with Crippen molar-refractivity contribution in [2.24, 2.45) is 0 Å². The molecule has 0 saturated heterocycles. The average Bonchev–Trinajstić information content (AvgIpc) is 2.76. The van der Waals surface area contributed by atoms with Crippen LogP contribution in [0.4, 0.5) is 0 Å². The summed E-state index contributed by atoms with van der Waals surface area (Å²) >= 11 is 0. The lowest BCUT2D eigenvalue weighted by Crippen LogP contribution is -2.23. The molecule has 16 heavy (non-hydrogen) atoms. The Morgan fingerprint density at radius 2 is 2.12 bits per heavy atom. The number of aryl methyl sites for hydroxylation is 2. The largest absolute Gasteiger partial charge is 0.494 e. The van der Waals surface area contributed by atoms with Crippen LogP contribution in [-0.4, -0.2) is 19.7 Å². The van der Waals surface area contributed by atoms with Crippen LogP contribution in [0.3, 0.4) is 0 Å². The molecule has 1 atom stereocenters. The van der Waals surface area contributed by atoms with Gasteiger partial charge < -0.3 is 10.1 Å². The Labute approximate surface area is 98.0 Å². The Morgan fingerprint density at radius 3 is 2.94 bits per heavy atom. The Balaban J connectivity index is 1.86. The van der Waals surface area contributed by atoms with E-state index in [1.807, 2.05) is 7.05 Å². The van der Waals surface area contributed by atoms with E-state index in [0.717, 1.165) is 18.8 Å². The van der Waals surface area contributed by atoms with E-state index in [0.29, 0.717) is 6.04 Å². The molecule has 2 rings (SSSR count). The van der Waals surface area contributed by atoms with Gasteiger partial charge in [0.25, 0.3) is 0 Å². The molecule has 2 nitrogen and oxygen atoms in total. The van der Waals surface area contributed by atoms with E-state index in [4.69, 9.17) is 4.74 Å². The van der Waals surface area contributed by atoms with Crippen LogP contribution in [0.25, 0.3) is 0 Å². The number of ether oxygens (including phenoxy) is 1. The molecule has 1 aromatic carbocycles. The summed E-state index contributed by atoms with van der Waals surface area (Å²) in [5, 5.41) is 3.21. The minimum Gasteiger partial charge on any atom is -0.494 e. The Hall–Kier alpha value is -1.02. The van der Waals surface area contributed by atoms with Gasteiger partial charge >= 0.3 is 0 Å². The van der Waals surface area contributed by atoms with Gasteiger partial charge in [-0.15, -0.1) is 0 Å². The van der Waals surface area contributed by atoms with Crippen LogP contribution in [0.1, 0.15) is 30.9 Å². The topological polar surface area (TPSA) is 21.3 Å². The van der Waals surface area contributed by atoms with Crippen LogP contribution >= 0.6 is 0 Å². The molecule has 0 spiro atoms. The zero-order chi connectivity index (χ0) is 11.4. The molecule has 0 radical (unpaired) electrons. The predicted octanol–water partition coefficient (Wildman–Crippen LogP) is 2.55. The number of nitrogens with one attached hydrogen (secondary N) is 1. The molecular formula is C14H21NO. The number of rotatable bonds is 5. The summed E-state index contributed by atoms with van der Waals surface area (Å²) < 4.78 is 5.76. The van der Waals surface area contributed by atoms with Gasteiger partial charge in [0, 0.05) is 6.04 Å². The minimum absolute atomic E-state index is 0.523. The summed E-state index contributed by atoms with van der Waals surface area (Å²) in [7, 11) is 1.99. The normalized spacial score (nSPS) is 15.9. The first kappa shape index (κ1) is 11.5. The summed E-state index contributed by atoms with van der Waals surface area (Å²) in [6.45, 7) is 2.97. The Kier molecular flexibility index (Phi) is 3.83. The second-order valence-corrected chi connectivity index (χ2v) is 4.61. The van der Waals surface area contributed by atoms with Gasteiger partial charge in [-0.1, -0.05) is 6.07 Å². The standard InChI is InChI=1S/C14H21NO/c1-11(15-2)8-9-16-14-7-6-12-4-3-5-13(12)10-14/h6-7,10-11,15H,3-5,8-9H2,1-2H3. The van der Waals surface area contributed by atoms with Gasteiger partial charge in [-0.05, 0) is 62.9 Å². The van der Waals surface area contributed by atoms with Gasteiger partial charge in [-0.2, -0.15) is 0 Å². The molecule has 0 amide bonds. The second kappa shape index (κ2) is 5.35. The lowest BCUT2D eigenvalue weighted by Gasteiger charge is -2.12. The lowest BCUT2D eigenvalue weighted by atomic mass is 10.1. The van der Waals surface area contributed by atoms with E-state index in [1.54, 1.807) is 0 Å². The van der Waals surface area contributed by atoms with Crippen molar-refractivity contribution in [3.63, 3.8) is 0 Å². The third kappa shape index (κ3) is 2.76. The van der Waals surface area contributed by atoms with Crippen molar-refractivity contribution in [3.05, 3.63) is 29.3 Å². The molecule has 1 aromatic rings. The van der Waals surface area contributed by atoms with E-state index >= 15 is 0 Å². The molecule has 0 saturated carbocycles. The SMILES string of the molecule is CNC(C)CCOc1ccc2c(c1)CCC2. The van der Waals surface area contributed by atoms with E-state index in [1.165, 1.54) is 30.4 Å². The molecule has 0 bridgehead atoms. The average molecular weight is 219 g/mol. The highest BCUT2D eigenvalue weighted by atomic mass is 16.5. The third-order valence-electron chi connectivity index (χ3n) is 3.38. The van der Waals surface area contributed by atoms with E-state index < -0.39 is 0 Å². The fraction of sp³-hybridized carbons (Fsp3) is 0.571. The predicted molar refractivity (Wildman–Crippen MR) is 67.1 cm³/mol. The monoisotopic (exact) mass is 219 g/mol. The maximum atomic E-state index is 5.76. The van der Waals surface area contributed by atoms with Crippen molar-refractivity contribution < 1.29 is 4.74 Å². The van der Waals surface area contributed by atoms with Crippen LogP contribution in [0.5, 0.6) is 5.75 Å². The van der Waals surface area contributed by atoms with Gasteiger partial charge in [0.1, 0.15) is 5.75 Å². The molecule has 2 heteroatoms. The zero-order valence-corrected chi connectivity index (χ0v) is 10.3. The molecule has 0 aliphatic heterocycles. The van der Waals surface area contributed by atoms with Crippen molar-refractivity contribution in [1.82, 2.24) is 5.32 Å². The summed E-state index contributed by atoms with van der Waals surface area (Å²) in [4.78, 5) is 0.